The van der Waals surface area contributed by atoms with Gasteiger partial charge in [-0.05, 0) is 24.0 Å². The number of hydrogen-bond acceptors (Lipinski definition) is 2. The van der Waals surface area contributed by atoms with E-state index < -0.39 is 0 Å². The van der Waals surface area contributed by atoms with Crippen LogP contribution in [-0.2, 0) is 0 Å². The van der Waals surface area contributed by atoms with Crippen LogP contribution in [0.25, 0.3) is 5.57 Å². The molecule has 2 nitrogen and oxygen atoms in total. The van der Waals surface area contributed by atoms with E-state index in [1.807, 2.05) is 12.1 Å². The number of allylic oxidation sites excluding steroid dienone is 2. The maximum Gasteiger partial charge on any atom is 0.150 e. The molecule has 1 aromatic carbocycles. The summed E-state index contributed by atoms with van der Waals surface area (Å²) in [7, 11) is 0. The number of hydrogen-bond donors (Lipinski definition) is 0. The molecule has 0 fully saturated rings. The molecule has 0 unspecified atom stereocenters. The van der Waals surface area contributed by atoms with Gasteiger partial charge in [0.1, 0.15) is 6.29 Å². The van der Waals surface area contributed by atoms with Crippen molar-refractivity contribution in [1.29, 1.82) is 5.26 Å². The molecule has 0 heterocycles. The molecule has 94 valence electrons. The van der Waals surface area contributed by atoms with E-state index in [1.54, 1.807) is 12.1 Å². The Hall–Kier alpha value is -1.88. The average Bonchev–Trinajstić information content (AvgIpc) is 2.43. The lowest BCUT2D eigenvalue weighted by molar-refractivity contribution is 0.112. The number of nitrogens with zero attached hydrogens (tertiary/aromatic N) is 1. The zero-order valence-corrected chi connectivity index (χ0v) is 11.1. The van der Waals surface area contributed by atoms with Crippen LogP contribution < -0.4 is 0 Å². The summed E-state index contributed by atoms with van der Waals surface area (Å²) >= 11 is 0. The molecule has 0 aliphatic carbocycles. The topological polar surface area (TPSA) is 40.9 Å². The molecule has 0 bridgehead atoms. The van der Waals surface area contributed by atoms with Gasteiger partial charge in [-0.15, -0.1) is 0 Å². The molecule has 0 saturated heterocycles. The molecule has 0 amide bonds. The molecule has 1 rings (SSSR count). The van der Waals surface area contributed by atoms with Crippen molar-refractivity contribution in [3.63, 3.8) is 0 Å². The minimum absolute atomic E-state index is 0.670. The van der Waals surface area contributed by atoms with Crippen molar-refractivity contribution < 1.29 is 4.79 Å². The van der Waals surface area contributed by atoms with Gasteiger partial charge in [0.15, 0.2) is 0 Å². The number of carbonyl (C=O) groups is 1. The largest absolute Gasteiger partial charge is 0.298 e. The standard InChI is InChI=1S/C16H19NO/c1-3-5-15(11-17)16(6-4-2)14-9-7-13(12-18)8-10-14/h7-10,12H,3-6H2,1-2H3/b16-15-. The highest BCUT2D eigenvalue weighted by molar-refractivity contribution is 5.77. The van der Waals surface area contributed by atoms with E-state index >= 15 is 0 Å². The Morgan fingerprint density at radius 2 is 1.78 bits per heavy atom. The van der Waals surface area contributed by atoms with Crippen molar-refractivity contribution in [3.8, 4) is 6.07 Å². The monoisotopic (exact) mass is 241 g/mol. The Morgan fingerprint density at radius 1 is 1.17 bits per heavy atom. The summed E-state index contributed by atoms with van der Waals surface area (Å²) in [6.45, 7) is 4.19. The molecule has 0 spiro atoms. The second-order valence-corrected chi connectivity index (χ2v) is 4.31. The van der Waals surface area contributed by atoms with Crippen molar-refractivity contribution in [1.82, 2.24) is 0 Å². The first-order valence-electron chi connectivity index (χ1n) is 6.44. The van der Waals surface area contributed by atoms with Crippen molar-refractivity contribution in [2.75, 3.05) is 0 Å². The SMILES string of the molecule is CCC/C(C#N)=C(\CCC)c1ccc(C=O)cc1. The van der Waals surface area contributed by atoms with E-state index in [0.29, 0.717) is 5.56 Å². The van der Waals surface area contributed by atoms with Gasteiger partial charge in [0, 0.05) is 11.1 Å². The van der Waals surface area contributed by atoms with E-state index in [0.717, 1.165) is 48.7 Å². The molecular formula is C16H19NO. The number of aldehydes is 1. The predicted molar refractivity (Wildman–Crippen MR) is 74.2 cm³/mol. The van der Waals surface area contributed by atoms with Gasteiger partial charge in [0.25, 0.3) is 0 Å². The van der Waals surface area contributed by atoms with Crippen LogP contribution in [0.5, 0.6) is 0 Å². The molecule has 0 aliphatic heterocycles. The zero-order valence-electron chi connectivity index (χ0n) is 11.1. The molecule has 0 radical (unpaired) electrons. The van der Waals surface area contributed by atoms with Crippen LogP contribution >= 0.6 is 0 Å². The predicted octanol–water partition coefficient (Wildman–Crippen LogP) is 4.38. The quantitative estimate of drug-likeness (QED) is 0.548. The van der Waals surface area contributed by atoms with Gasteiger partial charge in [-0.1, -0.05) is 51.0 Å². The van der Waals surface area contributed by atoms with Crippen LogP contribution in [0.2, 0.25) is 0 Å². The van der Waals surface area contributed by atoms with Crippen LogP contribution in [0.15, 0.2) is 29.8 Å². The van der Waals surface area contributed by atoms with E-state index in [9.17, 15) is 10.1 Å². The van der Waals surface area contributed by atoms with Crippen LogP contribution in [0, 0.1) is 11.3 Å². The first-order chi connectivity index (χ1) is 8.76. The minimum atomic E-state index is 0.670. The highest BCUT2D eigenvalue weighted by Crippen LogP contribution is 2.26. The van der Waals surface area contributed by atoms with E-state index in [4.69, 9.17) is 0 Å². The second-order valence-electron chi connectivity index (χ2n) is 4.31. The fourth-order valence-corrected chi connectivity index (χ4v) is 2.01. The molecule has 0 atom stereocenters. The summed E-state index contributed by atoms with van der Waals surface area (Å²) < 4.78 is 0. The lowest BCUT2D eigenvalue weighted by Crippen LogP contribution is -1.92. The summed E-state index contributed by atoms with van der Waals surface area (Å²) in [5.74, 6) is 0. The molecule has 0 N–H and O–H groups in total. The summed E-state index contributed by atoms with van der Waals surface area (Å²) in [6, 6.07) is 9.80. The minimum Gasteiger partial charge on any atom is -0.298 e. The fourth-order valence-electron chi connectivity index (χ4n) is 2.01. The molecule has 0 aromatic heterocycles. The second kappa shape index (κ2) is 7.45. The van der Waals surface area contributed by atoms with Gasteiger partial charge in [0.05, 0.1) is 6.07 Å². The summed E-state index contributed by atoms with van der Waals surface area (Å²) in [4.78, 5) is 10.6. The Labute approximate surface area is 109 Å². The van der Waals surface area contributed by atoms with Crippen LogP contribution in [0.1, 0.15) is 55.5 Å². The zero-order chi connectivity index (χ0) is 13.4. The van der Waals surface area contributed by atoms with E-state index in [-0.39, 0.29) is 0 Å². The molecule has 18 heavy (non-hydrogen) atoms. The van der Waals surface area contributed by atoms with Crippen LogP contribution in [0.3, 0.4) is 0 Å². The number of benzene rings is 1. The maximum absolute atomic E-state index is 10.6. The van der Waals surface area contributed by atoms with Crippen molar-refractivity contribution in [2.24, 2.45) is 0 Å². The fraction of sp³-hybridized carbons (Fsp3) is 0.375. The van der Waals surface area contributed by atoms with Crippen molar-refractivity contribution in [3.05, 3.63) is 41.0 Å². The van der Waals surface area contributed by atoms with E-state index in [1.165, 1.54) is 0 Å². The summed E-state index contributed by atoms with van der Waals surface area (Å²) in [5.41, 5.74) is 3.73. The third kappa shape index (κ3) is 3.56. The molecule has 1 aromatic rings. The Bertz CT molecular complexity index is 463. The van der Waals surface area contributed by atoms with E-state index in [2.05, 4.69) is 19.9 Å². The van der Waals surface area contributed by atoms with Crippen molar-refractivity contribution >= 4 is 11.9 Å². The summed E-state index contributed by atoms with van der Waals surface area (Å²) in [6.07, 6.45) is 4.55. The number of rotatable bonds is 6. The van der Waals surface area contributed by atoms with Gasteiger partial charge >= 0.3 is 0 Å². The maximum atomic E-state index is 10.6. The summed E-state index contributed by atoms with van der Waals surface area (Å²) in [5, 5.41) is 9.25. The Morgan fingerprint density at radius 3 is 2.22 bits per heavy atom. The highest BCUT2D eigenvalue weighted by Gasteiger charge is 2.08. The van der Waals surface area contributed by atoms with Gasteiger partial charge in [-0.3, -0.25) is 4.79 Å². The molecular weight excluding hydrogens is 222 g/mol. The van der Waals surface area contributed by atoms with Crippen molar-refractivity contribution in [2.45, 2.75) is 39.5 Å². The Balaban J connectivity index is 3.17. The third-order valence-corrected chi connectivity index (χ3v) is 2.89. The first kappa shape index (κ1) is 14.2. The first-order valence-corrected chi connectivity index (χ1v) is 6.44. The molecule has 0 saturated carbocycles. The smallest absolute Gasteiger partial charge is 0.150 e. The van der Waals surface area contributed by atoms with Gasteiger partial charge in [0.2, 0.25) is 0 Å². The lowest BCUT2D eigenvalue weighted by Gasteiger charge is -2.10. The van der Waals surface area contributed by atoms with Crippen LogP contribution in [-0.4, -0.2) is 6.29 Å². The number of nitriles is 1. The van der Waals surface area contributed by atoms with Crippen LogP contribution in [0.4, 0.5) is 0 Å². The third-order valence-electron chi connectivity index (χ3n) is 2.89. The number of carbonyl (C=O) groups excluding carboxylic acids is 1. The normalized spacial score (nSPS) is 11.6. The Kier molecular flexibility index (Phi) is 5.87. The molecule has 2 heteroatoms. The highest BCUT2D eigenvalue weighted by atomic mass is 16.1. The van der Waals surface area contributed by atoms with Gasteiger partial charge in [-0.2, -0.15) is 5.26 Å². The lowest BCUT2D eigenvalue weighted by atomic mass is 9.93. The molecule has 0 aliphatic rings. The van der Waals surface area contributed by atoms with Gasteiger partial charge in [-0.25, -0.2) is 0 Å². The average molecular weight is 241 g/mol. The van der Waals surface area contributed by atoms with Gasteiger partial charge < -0.3 is 0 Å².